The van der Waals surface area contributed by atoms with Crippen LogP contribution in [0.1, 0.15) is 23.5 Å². The Balaban J connectivity index is 2.12. The van der Waals surface area contributed by atoms with Crippen LogP contribution >= 0.6 is 0 Å². The number of rotatable bonds is 3. The smallest absolute Gasteiger partial charge is 0.161 e. The number of aromatic hydroxyl groups is 1. The molecule has 0 radical (unpaired) electrons. The van der Waals surface area contributed by atoms with Crippen LogP contribution in [0.15, 0.2) is 24.3 Å². The van der Waals surface area contributed by atoms with Gasteiger partial charge in [0, 0.05) is 18.1 Å². The summed E-state index contributed by atoms with van der Waals surface area (Å²) in [6.45, 7) is 1.26. The van der Waals surface area contributed by atoms with E-state index in [2.05, 4.69) is 11.1 Å². The van der Waals surface area contributed by atoms with Gasteiger partial charge in [0.2, 0.25) is 0 Å². The first-order valence-corrected chi connectivity index (χ1v) is 7.29. The molecule has 1 atom stereocenters. The zero-order valence-corrected chi connectivity index (χ0v) is 12.7. The maximum atomic E-state index is 9.72. The molecule has 0 saturated carbocycles. The van der Waals surface area contributed by atoms with E-state index in [4.69, 9.17) is 15.2 Å². The van der Waals surface area contributed by atoms with E-state index >= 15 is 0 Å². The van der Waals surface area contributed by atoms with Crippen LogP contribution in [0.5, 0.6) is 11.5 Å². The zero-order chi connectivity index (χ0) is 16.4. The van der Waals surface area contributed by atoms with Gasteiger partial charge in [-0.25, -0.2) is 4.98 Å². The monoisotopic (exact) mass is 311 g/mol. The third kappa shape index (κ3) is 2.79. The molecule has 118 valence electrons. The summed E-state index contributed by atoms with van der Waals surface area (Å²) in [6, 6.07) is 8.99. The third-order valence-corrected chi connectivity index (χ3v) is 4.03. The Hall–Kier alpha value is -2.78. The van der Waals surface area contributed by atoms with Gasteiger partial charge in [0.1, 0.15) is 11.9 Å². The van der Waals surface area contributed by atoms with Crippen molar-refractivity contribution in [3.05, 3.63) is 35.4 Å². The number of pyridine rings is 1. The molecule has 23 heavy (non-hydrogen) atoms. The highest BCUT2D eigenvalue weighted by molar-refractivity contribution is 5.69. The molecule has 2 heterocycles. The lowest BCUT2D eigenvalue weighted by molar-refractivity contribution is 0.194. The molecule has 1 aliphatic rings. The number of benzene rings is 1. The second kappa shape index (κ2) is 6.15. The number of aromatic nitrogens is 1. The molecule has 3 rings (SSSR count). The number of phenols is 1. The van der Waals surface area contributed by atoms with E-state index < -0.39 is 0 Å². The SMILES string of the molecule is COc1cc(-c2cc([C@@H]3CCOC3)c(C#N)c(N)n2)ccc1O. The number of hydrogen-bond donors (Lipinski definition) is 2. The summed E-state index contributed by atoms with van der Waals surface area (Å²) in [4.78, 5) is 4.33. The molecule has 1 aliphatic heterocycles. The minimum Gasteiger partial charge on any atom is -0.504 e. The number of phenolic OH excluding ortho intramolecular Hbond substituents is 1. The van der Waals surface area contributed by atoms with Crippen molar-refractivity contribution in [2.24, 2.45) is 0 Å². The van der Waals surface area contributed by atoms with Crippen molar-refractivity contribution in [3.63, 3.8) is 0 Å². The van der Waals surface area contributed by atoms with Gasteiger partial charge in [-0.15, -0.1) is 0 Å². The Bertz CT molecular complexity index is 777. The van der Waals surface area contributed by atoms with Gasteiger partial charge in [-0.05, 0) is 36.2 Å². The highest BCUT2D eigenvalue weighted by Crippen LogP contribution is 2.35. The fourth-order valence-electron chi connectivity index (χ4n) is 2.79. The van der Waals surface area contributed by atoms with Gasteiger partial charge < -0.3 is 20.3 Å². The lowest BCUT2D eigenvalue weighted by atomic mass is 9.93. The summed E-state index contributed by atoms with van der Waals surface area (Å²) in [5, 5.41) is 19.1. The molecular weight excluding hydrogens is 294 g/mol. The van der Waals surface area contributed by atoms with E-state index in [9.17, 15) is 10.4 Å². The van der Waals surface area contributed by atoms with Crippen LogP contribution in [0.4, 0.5) is 5.82 Å². The average molecular weight is 311 g/mol. The minimum absolute atomic E-state index is 0.0577. The number of nitrogens with two attached hydrogens (primary N) is 1. The largest absolute Gasteiger partial charge is 0.504 e. The second-order valence-corrected chi connectivity index (χ2v) is 5.42. The Labute approximate surface area is 134 Å². The molecule has 0 aliphatic carbocycles. The average Bonchev–Trinajstić information content (AvgIpc) is 3.09. The Morgan fingerprint density at radius 1 is 1.43 bits per heavy atom. The van der Waals surface area contributed by atoms with E-state index in [1.807, 2.05) is 6.07 Å². The molecule has 1 aromatic heterocycles. The molecule has 0 bridgehead atoms. The Morgan fingerprint density at radius 2 is 2.26 bits per heavy atom. The van der Waals surface area contributed by atoms with Crippen molar-refractivity contribution in [1.29, 1.82) is 5.26 Å². The van der Waals surface area contributed by atoms with Crippen molar-refractivity contribution in [2.45, 2.75) is 12.3 Å². The predicted octanol–water partition coefficient (Wildman–Crippen LogP) is 2.42. The number of nitriles is 1. The van der Waals surface area contributed by atoms with Crippen molar-refractivity contribution in [1.82, 2.24) is 4.98 Å². The molecule has 6 heteroatoms. The predicted molar refractivity (Wildman–Crippen MR) is 85.2 cm³/mol. The molecule has 6 nitrogen and oxygen atoms in total. The molecule has 3 N–H and O–H groups in total. The molecule has 0 amide bonds. The standard InChI is InChI=1S/C17H17N3O3/c1-22-16-6-10(2-3-15(16)21)14-7-12(11-4-5-23-9-11)13(8-18)17(19)20-14/h2-3,6-7,11,21H,4-5,9H2,1H3,(H2,19,20)/t11-/m1/s1. The molecule has 1 aromatic carbocycles. The van der Waals surface area contributed by atoms with E-state index in [-0.39, 0.29) is 17.5 Å². The molecule has 1 fully saturated rings. The number of methoxy groups -OCH3 is 1. The first-order valence-electron chi connectivity index (χ1n) is 7.29. The summed E-state index contributed by atoms with van der Waals surface area (Å²) in [5.74, 6) is 0.770. The number of nitrogen functional groups attached to an aromatic ring is 1. The first kappa shape index (κ1) is 15.1. The first-order chi connectivity index (χ1) is 11.1. The summed E-state index contributed by atoms with van der Waals surface area (Å²) >= 11 is 0. The molecule has 2 aromatic rings. The van der Waals surface area contributed by atoms with Crippen LogP contribution in [-0.4, -0.2) is 30.4 Å². The van der Waals surface area contributed by atoms with Gasteiger partial charge in [0.25, 0.3) is 0 Å². The van der Waals surface area contributed by atoms with Crippen LogP contribution in [-0.2, 0) is 4.74 Å². The highest BCUT2D eigenvalue weighted by Gasteiger charge is 2.23. The van der Waals surface area contributed by atoms with Gasteiger partial charge in [-0.3, -0.25) is 0 Å². The summed E-state index contributed by atoms with van der Waals surface area (Å²) in [6.07, 6.45) is 0.858. The topological polar surface area (TPSA) is 101 Å². The fourth-order valence-corrected chi connectivity index (χ4v) is 2.79. The van der Waals surface area contributed by atoms with Crippen molar-refractivity contribution in [3.8, 4) is 28.8 Å². The van der Waals surface area contributed by atoms with Gasteiger partial charge in [-0.2, -0.15) is 5.26 Å². The van der Waals surface area contributed by atoms with Crippen molar-refractivity contribution < 1.29 is 14.6 Å². The minimum atomic E-state index is 0.0577. The number of hydrogen-bond acceptors (Lipinski definition) is 6. The summed E-state index contributed by atoms with van der Waals surface area (Å²) in [5.41, 5.74) is 8.66. The van der Waals surface area contributed by atoms with E-state index in [1.165, 1.54) is 7.11 Å². The van der Waals surface area contributed by atoms with Crippen LogP contribution in [0.3, 0.4) is 0 Å². The normalized spacial score (nSPS) is 17.0. The van der Waals surface area contributed by atoms with Crippen LogP contribution < -0.4 is 10.5 Å². The van der Waals surface area contributed by atoms with Crippen molar-refractivity contribution >= 4 is 5.82 Å². The van der Waals surface area contributed by atoms with Crippen LogP contribution in [0.25, 0.3) is 11.3 Å². The molecule has 0 spiro atoms. The maximum Gasteiger partial charge on any atom is 0.161 e. The van der Waals surface area contributed by atoms with E-state index in [1.54, 1.807) is 18.2 Å². The van der Waals surface area contributed by atoms with E-state index in [0.717, 1.165) is 17.5 Å². The van der Waals surface area contributed by atoms with Crippen LogP contribution in [0.2, 0.25) is 0 Å². The zero-order valence-electron chi connectivity index (χ0n) is 12.7. The lowest BCUT2D eigenvalue weighted by Gasteiger charge is -2.14. The molecule has 0 unspecified atom stereocenters. The van der Waals surface area contributed by atoms with Gasteiger partial charge in [0.15, 0.2) is 11.5 Å². The highest BCUT2D eigenvalue weighted by atomic mass is 16.5. The quantitative estimate of drug-likeness (QED) is 0.902. The summed E-state index contributed by atoms with van der Waals surface area (Å²) < 4.78 is 10.6. The van der Waals surface area contributed by atoms with Crippen LogP contribution in [0, 0.1) is 11.3 Å². The Kier molecular flexibility index (Phi) is 4.04. The third-order valence-electron chi connectivity index (χ3n) is 4.03. The number of anilines is 1. The van der Waals surface area contributed by atoms with Crippen molar-refractivity contribution in [2.75, 3.05) is 26.1 Å². The maximum absolute atomic E-state index is 9.72. The lowest BCUT2D eigenvalue weighted by Crippen LogP contribution is -2.07. The van der Waals surface area contributed by atoms with Gasteiger partial charge in [-0.1, -0.05) is 0 Å². The second-order valence-electron chi connectivity index (χ2n) is 5.42. The number of ether oxygens (including phenoxy) is 2. The molecular formula is C17H17N3O3. The Morgan fingerprint density at radius 3 is 2.91 bits per heavy atom. The van der Waals surface area contributed by atoms with Gasteiger partial charge >= 0.3 is 0 Å². The summed E-state index contributed by atoms with van der Waals surface area (Å²) in [7, 11) is 1.49. The van der Waals surface area contributed by atoms with Gasteiger partial charge in [0.05, 0.1) is 25.0 Å². The molecule has 1 saturated heterocycles. The number of nitrogens with zero attached hydrogens (tertiary/aromatic N) is 2. The van der Waals surface area contributed by atoms with E-state index in [0.29, 0.717) is 30.2 Å². The fraction of sp³-hybridized carbons (Fsp3) is 0.294.